The van der Waals surface area contributed by atoms with Crippen molar-refractivity contribution in [3.8, 4) is 0 Å². The highest BCUT2D eigenvalue weighted by Gasteiger charge is 2.46. The molecule has 4 aliphatic rings. The summed E-state index contributed by atoms with van der Waals surface area (Å²) in [7, 11) is 1.96. The van der Waals surface area contributed by atoms with E-state index in [4.69, 9.17) is 14.2 Å². The van der Waals surface area contributed by atoms with Crippen molar-refractivity contribution in [2.75, 3.05) is 94.9 Å². The molecule has 69 heavy (non-hydrogen) atoms. The van der Waals surface area contributed by atoms with Crippen molar-refractivity contribution >= 4 is 58.1 Å². The van der Waals surface area contributed by atoms with Crippen LogP contribution < -0.4 is 26.4 Å². The number of ether oxygens (including phenoxy) is 3. The van der Waals surface area contributed by atoms with Gasteiger partial charge in [0.2, 0.25) is 23.3 Å². The fourth-order valence-electron chi connectivity index (χ4n) is 8.78. The number of fused-ring (bicyclic) bond motifs is 1. The first-order chi connectivity index (χ1) is 32.9. The first-order valence-corrected chi connectivity index (χ1v) is 22.6. The molecule has 0 radical (unpaired) electrons. The lowest BCUT2D eigenvalue weighted by atomic mass is 9.96. The molecule has 0 saturated carbocycles. The molecule has 1 unspecified atom stereocenters. The number of hydrogen-bond donors (Lipinski definition) is 4. The molecule has 2 fully saturated rings. The lowest BCUT2D eigenvalue weighted by molar-refractivity contribution is -0.138. The minimum absolute atomic E-state index is 0.0251. The Morgan fingerprint density at radius 3 is 2.22 bits per heavy atom. The molecule has 4 N–H and O–H groups in total. The van der Waals surface area contributed by atoms with Gasteiger partial charge in [-0.1, -0.05) is 12.1 Å². The van der Waals surface area contributed by atoms with E-state index in [1.54, 1.807) is 23.1 Å². The largest absolute Gasteiger partial charge is 0.417 e. The molecule has 6 amide bonds. The van der Waals surface area contributed by atoms with E-state index in [9.17, 15) is 46.7 Å². The highest BCUT2D eigenvalue weighted by molar-refractivity contribution is 6.25. The van der Waals surface area contributed by atoms with Gasteiger partial charge in [-0.3, -0.25) is 48.7 Å². The molecule has 22 heteroatoms. The number of halogens is 4. The summed E-state index contributed by atoms with van der Waals surface area (Å²) in [6, 6.07) is 6.80. The van der Waals surface area contributed by atoms with Crippen LogP contribution >= 0.6 is 0 Å². The van der Waals surface area contributed by atoms with Gasteiger partial charge in [0.1, 0.15) is 11.9 Å². The van der Waals surface area contributed by atoms with Crippen molar-refractivity contribution < 1.29 is 60.5 Å². The van der Waals surface area contributed by atoms with Gasteiger partial charge in [-0.2, -0.15) is 13.2 Å². The smallest absolute Gasteiger partial charge is 0.382 e. The van der Waals surface area contributed by atoms with Crippen molar-refractivity contribution in [3.05, 3.63) is 92.7 Å². The molecule has 3 atom stereocenters. The van der Waals surface area contributed by atoms with Gasteiger partial charge in [0, 0.05) is 74.7 Å². The summed E-state index contributed by atoms with van der Waals surface area (Å²) < 4.78 is 74.5. The highest BCUT2D eigenvalue weighted by atomic mass is 19.4. The fourth-order valence-corrected chi connectivity index (χ4v) is 8.78. The zero-order chi connectivity index (χ0) is 49.6. The summed E-state index contributed by atoms with van der Waals surface area (Å²) in [5, 5.41) is 7.85. The lowest BCUT2D eigenvalue weighted by Gasteiger charge is -2.44. The lowest BCUT2D eigenvalue weighted by Crippen LogP contribution is -2.55. The van der Waals surface area contributed by atoms with Crippen LogP contribution in [0.15, 0.2) is 53.5 Å². The molecule has 0 bridgehead atoms. The SMILES string of the molecule is C[C@@H]1CN(c2cc(F)c(C3=CCN(C(=O)CCOCCOCCOCCNc4cccc5c4C(=O)N(C4CCC(=O)NC4=O)C5=O)CC3)cc2NC(=O)c2c[nH]c(=O)cc2C(F)(F)F)C[C@H](C)N1C. The monoisotopic (exact) mass is 966 g/mol. The number of alkyl halides is 3. The Bertz CT molecular complexity index is 2560. The van der Waals surface area contributed by atoms with E-state index in [-0.39, 0.29) is 119 Å². The van der Waals surface area contributed by atoms with Gasteiger partial charge in [0.15, 0.2) is 0 Å². The second-order valence-corrected chi connectivity index (χ2v) is 17.2. The van der Waals surface area contributed by atoms with Crippen molar-refractivity contribution in [2.45, 2.75) is 63.8 Å². The van der Waals surface area contributed by atoms with Crippen LogP contribution in [0.3, 0.4) is 0 Å². The van der Waals surface area contributed by atoms with E-state index < -0.39 is 64.3 Å². The Balaban J connectivity index is 0.836. The second-order valence-electron chi connectivity index (χ2n) is 17.2. The zero-order valence-electron chi connectivity index (χ0n) is 38.3. The normalized spacial score (nSPS) is 20.0. The predicted molar refractivity (Wildman–Crippen MR) is 243 cm³/mol. The van der Waals surface area contributed by atoms with Crippen LogP contribution in [0.1, 0.15) is 81.7 Å². The molecule has 1 aromatic heterocycles. The predicted octanol–water partition coefficient (Wildman–Crippen LogP) is 3.88. The van der Waals surface area contributed by atoms with Gasteiger partial charge in [-0.25, -0.2) is 4.39 Å². The standard InChI is InChI=1S/C47H54F4N8O10/c1-27-25-58(26-28(2)56(27)3)38-23-34(48)31(21-36(38)54-43(63)32-24-53-40(61)22-33(32)47(49,50)51)29-9-13-57(14-10-29)41(62)11-15-67-17-19-69-20-18-68-16-12-52-35-6-4-5-30-42(35)46(66)59(45(30)65)37-7-8-39(60)55-44(37)64/h4-6,9,21-24,27-28,37,52H,7-8,10-20,25-26H2,1-3H3,(H,53,61)(H,54,63)(H,55,60,64)/t27-,28+,37?. The molecular weight excluding hydrogens is 913 g/mol. The molecule has 18 nitrogen and oxygen atoms in total. The maximum absolute atomic E-state index is 16.1. The molecule has 370 valence electrons. The number of likely N-dealkylation sites (N-methyl/N-ethyl adjacent to an activating group) is 1. The number of aromatic nitrogens is 1. The number of rotatable bonds is 18. The number of imide groups is 2. The number of carbonyl (C=O) groups excluding carboxylic acids is 6. The third-order valence-corrected chi connectivity index (χ3v) is 12.7. The maximum Gasteiger partial charge on any atom is 0.417 e. The molecular formula is C47H54F4N8O10. The van der Waals surface area contributed by atoms with E-state index >= 15 is 4.39 Å². The first-order valence-electron chi connectivity index (χ1n) is 22.6. The molecule has 2 saturated heterocycles. The minimum atomic E-state index is -4.99. The summed E-state index contributed by atoms with van der Waals surface area (Å²) in [5.41, 5.74) is -1.41. The number of nitrogens with zero attached hydrogens (tertiary/aromatic N) is 4. The van der Waals surface area contributed by atoms with E-state index in [2.05, 4.69) is 25.8 Å². The number of pyridine rings is 1. The number of carbonyl (C=O) groups is 6. The number of piperazine rings is 1. The molecule has 3 aromatic rings. The van der Waals surface area contributed by atoms with Crippen molar-refractivity contribution in [2.24, 2.45) is 0 Å². The fraction of sp³-hybridized carbons (Fsp3) is 0.468. The number of benzene rings is 2. The Hall–Kier alpha value is -6.49. The van der Waals surface area contributed by atoms with Crippen molar-refractivity contribution in [3.63, 3.8) is 0 Å². The zero-order valence-corrected chi connectivity index (χ0v) is 38.3. The van der Waals surface area contributed by atoms with Crippen LogP contribution in [0.5, 0.6) is 0 Å². The number of nitrogens with one attached hydrogen (secondary N) is 4. The molecule has 4 aliphatic heterocycles. The maximum atomic E-state index is 16.1. The average molecular weight is 967 g/mol. The third-order valence-electron chi connectivity index (χ3n) is 12.7. The molecule has 5 heterocycles. The summed E-state index contributed by atoms with van der Waals surface area (Å²) in [5.74, 6) is -4.25. The number of hydrogen-bond acceptors (Lipinski definition) is 13. The average Bonchev–Trinajstić information content (AvgIpc) is 3.56. The molecule has 0 spiro atoms. The summed E-state index contributed by atoms with van der Waals surface area (Å²) in [4.78, 5) is 97.2. The number of aromatic amines is 1. The van der Waals surface area contributed by atoms with Crippen LogP contribution in [0.25, 0.3) is 5.57 Å². The van der Waals surface area contributed by atoms with Crippen LogP contribution in [0.4, 0.5) is 34.6 Å². The van der Waals surface area contributed by atoms with E-state index in [0.717, 1.165) is 4.90 Å². The number of H-pyrrole nitrogens is 1. The van der Waals surface area contributed by atoms with Crippen molar-refractivity contribution in [1.82, 2.24) is 25.0 Å². The van der Waals surface area contributed by atoms with Crippen LogP contribution in [-0.2, 0) is 34.8 Å². The third kappa shape index (κ3) is 11.7. The van der Waals surface area contributed by atoms with Crippen LogP contribution in [0, 0.1) is 5.82 Å². The minimum Gasteiger partial charge on any atom is -0.382 e. The van der Waals surface area contributed by atoms with Gasteiger partial charge in [-0.05, 0) is 63.6 Å². The summed E-state index contributed by atoms with van der Waals surface area (Å²) in [6.07, 6.45) is -2.14. The Morgan fingerprint density at radius 2 is 1.55 bits per heavy atom. The second kappa shape index (κ2) is 21.9. The van der Waals surface area contributed by atoms with Crippen LogP contribution in [0.2, 0.25) is 0 Å². The van der Waals surface area contributed by atoms with Gasteiger partial charge < -0.3 is 39.6 Å². The number of anilines is 3. The number of amides is 6. The van der Waals surface area contributed by atoms with Gasteiger partial charge in [0.05, 0.1) is 79.7 Å². The molecule has 0 aliphatic carbocycles. The number of piperidine rings is 1. The topological polar surface area (TPSA) is 212 Å². The quantitative estimate of drug-likeness (QED) is 0.0812. The highest BCUT2D eigenvalue weighted by Crippen LogP contribution is 2.38. The molecule has 7 rings (SSSR count). The van der Waals surface area contributed by atoms with Gasteiger partial charge >= 0.3 is 6.18 Å². The summed E-state index contributed by atoms with van der Waals surface area (Å²) in [6.45, 7) is 7.01. The summed E-state index contributed by atoms with van der Waals surface area (Å²) >= 11 is 0. The van der Waals surface area contributed by atoms with Gasteiger partial charge in [-0.15, -0.1) is 0 Å². The van der Waals surface area contributed by atoms with Gasteiger partial charge in [0.25, 0.3) is 17.7 Å². The van der Waals surface area contributed by atoms with E-state index in [0.29, 0.717) is 48.8 Å². The van der Waals surface area contributed by atoms with E-state index in [1.165, 1.54) is 18.2 Å². The molecule has 2 aromatic carbocycles. The first kappa shape index (κ1) is 50.4. The van der Waals surface area contributed by atoms with Crippen LogP contribution in [-0.4, -0.2) is 153 Å². The Morgan fingerprint density at radius 1 is 0.855 bits per heavy atom. The Labute approximate surface area is 394 Å². The van der Waals surface area contributed by atoms with Crippen molar-refractivity contribution in [1.29, 1.82) is 0 Å². The van der Waals surface area contributed by atoms with E-state index in [1.807, 2.05) is 25.8 Å². The Kier molecular flexibility index (Phi) is 16.0.